The minimum Gasteiger partial charge on any atom is -0.371 e. The highest BCUT2D eigenvalue weighted by atomic mass is 16.1. The van der Waals surface area contributed by atoms with Crippen molar-refractivity contribution in [3.8, 4) is 0 Å². The first-order valence-corrected chi connectivity index (χ1v) is 9.82. The summed E-state index contributed by atoms with van der Waals surface area (Å²) in [4.78, 5) is 24.1. The second kappa shape index (κ2) is 7.62. The molecule has 1 aromatic carbocycles. The number of H-pyrrole nitrogens is 1. The number of nitrogens with one attached hydrogen (secondary N) is 1. The highest BCUT2D eigenvalue weighted by Crippen LogP contribution is 2.30. The standard InChI is InChI=1S/C21H28N4O/c1-16-22-19(13-21(26)23-16)17-9-12-24(14-17)15-18-7-3-4-8-20(18)25-10-5-2-6-11-25/h3-4,7-8,13,17H,2,5-6,9-12,14-15H2,1H3,(H,22,23,26)/t17-/m1/s1. The number of piperidine rings is 1. The lowest BCUT2D eigenvalue weighted by Gasteiger charge is -2.31. The van der Waals surface area contributed by atoms with Gasteiger partial charge in [0.15, 0.2) is 0 Å². The van der Waals surface area contributed by atoms with Crippen LogP contribution in [-0.2, 0) is 6.54 Å². The van der Waals surface area contributed by atoms with E-state index in [4.69, 9.17) is 0 Å². The summed E-state index contributed by atoms with van der Waals surface area (Å²) < 4.78 is 0. The van der Waals surface area contributed by atoms with Crippen molar-refractivity contribution >= 4 is 5.69 Å². The highest BCUT2D eigenvalue weighted by molar-refractivity contribution is 5.54. The quantitative estimate of drug-likeness (QED) is 0.919. The van der Waals surface area contributed by atoms with Gasteiger partial charge in [-0.3, -0.25) is 9.69 Å². The molecule has 2 aliphatic rings. The average Bonchev–Trinajstić information content (AvgIpc) is 3.11. The predicted molar refractivity (Wildman–Crippen MR) is 105 cm³/mol. The van der Waals surface area contributed by atoms with Crippen molar-refractivity contribution in [2.24, 2.45) is 0 Å². The molecular formula is C21H28N4O. The van der Waals surface area contributed by atoms with Crippen LogP contribution in [0, 0.1) is 6.92 Å². The fourth-order valence-electron chi connectivity index (χ4n) is 4.36. The lowest BCUT2D eigenvalue weighted by atomic mass is 10.0. The largest absolute Gasteiger partial charge is 0.371 e. The van der Waals surface area contributed by atoms with Gasteiger partial charge in [0.25, 0.3) is 5.56 Å². The van der Waals surface area contributed by atoms with Crippen molar-refractivity contribution < 1.29 is 0 Å². The van der Waals surface area contributed by atoms with Gasteiger partial charge in [0.05, 0.1) is 5.69 Å². The zero-order chi connectivity index (χ0) is 17.9. The summed E-state index contributed by atoms with van der Waals surface area (Å²) in [6.07, 6.45) is 5.03. The fraction of sp³-hybridized carbons (Fsp3) is 0.524. The summed E-state index contributed by atoms with van der Waals surface area (Å²) in [6.45, 7) is 7.22. The molecule has 5 nitrogen and oxygen atoms in total. The SMILES string of the molecule is Cc1nc([C@@H]2CCN(Cc3ccccc3N3CCCCC3)C2)cc(=O)[nH]1. The number of para-hydroxylation sites is 1. The number of anilines is 1. The van der Waals surface area contributed by atoms with Gasteiger partial charge in [0, 0.05) is 43.9 Å². The van der Waals surface area contributed by atoms with Gasteiger partial charge < -0.3 is 9.88 Å². The van der Waals surface area contributed by atoms with Crippen molar-refractivity contribution in [2.75, 3.05) is 31.1 Å². The van der Waals surface area contributed by atoms with E-state index >= 15 is 0 Å². The average molecular weight is 352 g/mol. The maximum atomic E-state index is 11.7. The number of hydrogen-bond acceptors (Lipinski definition) is 4. The number of nitrogens with zero attached hydrogens (tertiary/aromatic N) is 3. The maximum Gasteiger partial charge on any atom is 0.251 e. The minimum absolute atomic E-state index is 0.0404. The third kappa shape index (κ3) is 3.83. The third-order valence-electron chi connectivity index (χ3n) is 5.65. The first-order valence-electron chi connectivity index (χ1n) is 9.82. The first kappa shape index (κ1) is 17.3. The Bertz CT molecular complexity index is 810. The molecule has 2 saturated heterocycles. The number of aromatic amines is 1. The number of rotatable bonds is 4. The Hall–Kier alpha value is -2.14. The Morgan fingerprint density at radius 2 is 1.96 bits per heavy atom. The molecular weight excluding hydrogens is 324 g/mol. The highest BCUT2D eigenvalue weighted by Gasteiger charge is 2.26. The molecule has 0 saturated carbocycles. The molecule has 2 aromatic rings. The van der Waals surface area contributed by atoms with E-state index in [1.807, 2.05) is 6.92 Å². The molecule has 1 atom stereocenters. The van der Waals surface area contributed by atoms with E-state index < -0.39 is 0 Å². The summed E-state index contributed by atoms with van der Waals surface area (Å²) in [5.41, 5.74) is 3.73. The molecule has 0 spiro atoms. The molecule has 0 unspecified atom stereocenters. The van der Waals surface area contributed by atoms with E-state index in [0.29, 0.717) is 11.7 Å². The molecule has 0 radical (unpaired) electrons. The van der Waals surface area contributed by atoms with Crippen molar-refractivity contribution in [2.45, 2.75) is 45.1 Å². The smallest absolute Gasteiger partial charge is 0.251 e. The van der Waals surface area contributed by atoms with Crippen LogP contribution in [0.2, 0.25) is 0 Å². The molecule has 26 heavy (non-hydrogen) atoms. The zero-order valence-electron chi connectivity index (χ0n) is 15.6. The second-order valence-electron chi connectivity index (χ2n) is 7.65. The Morgan fingerprint density at radius 3 is 2.77 bits per heavy atom. The number of hydrogen-bond donors (Lipinski definition) is 1. The molecule has 0 amide bonds. The van der Waals surface area contributed by atoms with Crippen molar-refractivity contribution in [1.29, 1.82) is 0 Å². The molecule has 138 valence electrons. The van der Waals surface area contributed by atoms with E-state index in [0.717, 1.165) is 31.7 Å². The van der Waals surface area contributed by atoms with Gasteiger partial charge in [-0.25, -0.2) is 4.98 Å². The second-order valence-corrected chi connectivity index (χ2v) is 7.65. The van der Waals surface area contributed by atoms with E-state index in [1.54, 1.807) is 6.07 Å². The van der Waals surface area contributed by atoms with Gasteiger partial charge in [-0.05, 0) is 50.8 Å². The summed E-state index contributed by atoms with van der Waals surface area (Å²) in [7, 11) is 0. The third-order valence-corrected chi connectivity index (χ3v) is 5.65. The number of aromatic nitrogens is 2. The van der Waals surface area contributed by atoms with Gasteiger partial charge >= 0.3 is 0 Å². The van der Waals surface area contributed by atoms with Crippen molar-refractivity contribution in [3.05, 3.63) is 57.8 Å². The van der Waals surface area contributed by atoms with Crippen LogP contribution in [0.4, 0.5) is 5.69 Å². The van der Waals surface area contributed by atoms with E-state index in [1.165, 1.54) is 43.6 Å². The van der Waals surface area contributed by atoms with E-state index in [-0.39, 0.29) is 5.56 Å². The van der Waals surface area contributed by atoms with Gasteiger partial charge in [-0.2, -0.15) is 0 Å². The normalized spacial score (nSPS) is 21.3. The fourth-order valence-corrected chi connectivity index (χ4v) is 4.36. The molecule has 4 rings (SSSR count). The first-order chi connectivity index (χ1) is 12.7. The molecule has 3 heterocycles. The Labute approximate surface area is 155 Å². The van der Waals surface area contributed by atoms with E-state index in [2.05, 4.69) is 44.0 Å². The Kier molecular flexibility index (Phi) is 5.07. The molecule has 0 bridgehead atoms. The zero-order valence-corrected chi connectivity index (χ0v) is 15.6. The topological polar surface area (TPSA) is 52.2 Å². The van der Waals surface area contributed by atoms with Gasteiger partial charge in [-0.15, -0.1) is 0 Å². The summed E-state index contributed by atoms with van der Waals surface area (Å²) in [6, 6.07) is 10.5. The van der Waals surface area contributed by atoms with Crippen molar-refractivity contribution in [1.82, 2.24) is 14.9 Å². The predicted octanol–water partition coefficient (Wildman–Crippen LogP) is 3.06. The molecule has 5 heteroatoms. The lowest BCUT2D eigenvalue weighted by Crippen LogP contribution is -2.31. The minimum atomic E-state index is -0.0404. The monoisotopic (exact) mass is 352 g/mol. The molecule has 1 N–H and O–H groups in total. The summed E-state index contributed by atoms with van der Waals surface area (Å²) >= 11 is 0. The number of aryl methyl sites for hydroxylation is 1. The molecule has 2 aliphatic heterocycles. The Balaban J connectivity index is 1.46. The van der Waals surface area contributed by atoms with Gasteiger partial charge in [0.2, 0.25) is 0 Å². The van der Waals surface area contributed by atoms with Crippen molar-refractivity contribution in [3.63, 3.8) is 0 Å². The van der Waals surface area contributed by atoms with Crippen LogP contribution < -0.4 is 10.5 Å². The van der Waals surface area contributed by atoms with Crippen LogP contribution >= 0.6 is 0 Å². The van der Waals surface area contributed by atoms with Gasteiger partial charge in [0.1, 0.15) is 5.82 Å². The molecule has 2 fully saturated rings. The van der Waals surface area contributed by atoms with Crippen LogP contribution in [0.1, 0.15) is 48.7 Å². The van der Waals surface area contributed by atoms with Crippen LogP contribution in [0.5, 0.6) is 0 Å². The number of likely N-dealkylation sites (tertiary alicyclic amines) is 1. The summed E-state index contributed by atoms with van der Waals surface area (Å²) in [5.74, 6) is 1.07. The molecule has 0 aliphatic carbocycles. The van der Waals surface area contributed by atoms with E-state index in [9.17, 15) is 4.79 Å². The Morgan fingerprint density at radius 1 is 1.15 bits per heavy atom. The van der Waals surface area contributed by atoms with Crippen LogP contribution in [0.3, 0.4) is 0 Å². The van der Waals surface area contributed by atoms with Gasteiger partial charge in [-0.1, -0.05) is 18.2 Å². The van der Waals surface area contributed by atoms with Crippen LogP contribution in [0.25, 0.3) is 0 Å². The number of benzene rings is 1. The summed E-state index contributed by atoms with van der Waals surface area (Å²) in [5, 5.41) is 0. The maximum absolute atomic E-state index is 11.7. The molecule has 1 aromatic heterocycles. The van der Waals surface area contributed by atoms with Crippen LogP contribution in [-0.4, -0.2) is 41.0 Å². The van der Waals surface area contributed by atoms with Crippen LogP contribution in [0.15, 0.2) is 35.1 Å². The lowest BCUT2D eigenvalue weighted by molar-refractivity contribution is 0.326.